The summed E-state index contributed by atoms with van der Waals surface area (Å²) in [5.41, 5.74) is 0.882. The SMILES string of the molecule is CNC(=O)c1ccsc1NC(=O)c1ccc2c(c1)OCO2. The zero-order valence-electron chi connectivity index (χ0n) is 11.1. The molecular weight excluding hydrogens is 292 g/mol. The van der Waals surface area contributed by atoms with Gasteiger partial charge in [0.2, 0.25) is 6.79 Å². The summed E-state index contributed by atoms with van der Waals surface area (Å²) < 4.78 is 10.4. The third kappa shape index (κ3) is 2.55. The van der Waals surface area contributed by atoms with Crippen LogP contribution in [0.2, 0.25) is 0 Å². The average Bonchev–Trinajstić information content (AvgIpc) is 3.14. The minimum absolute atomic E-state index is 0.159. The molecule has 0 aliphatic carbocycles. The fourth-order valence-electron chi connectivity index (χ4n) is 1.93. The van der Waals surface area contributed by atoms with Crippen LogP contribution >= 0.6 is 11.3 Å². The third-order valence-electron chi connectivity index (χ3n) is 3.00. The van der Waals surface area contributed by atoms with E-state index in [1.54, 1.807) is 36.7 Å². The number of ether oxygens (including phenoxy) is 2. The summed E-state index contributed by atoms with van der Waals surface area (Å²) in [6.07, 6.45) is 0. The monoisotopic (exact) mass is 304 g/mol. The molecule has 0 spiro atoms. The molecule has 21 heavy (non-hydrogen) atoms. The first-order chi connectivity index (χ1) is 10.2. The molecule has 0 bridgehead atoms. The van der Waals surface area contributed by atoms with Gasteiger partial charge in [0, 0.05) is 12.6 Å². The molecule has 2 aromatic rings. The summed E-state index contributed by atoms with van der Waals surface area (Å²) in [6, 6.07) is 6.62. The Balaban J connectivity index is 1.81. The Morgan fingerprint density at radius 2 is 1.95 bits per heavy atom. The minimum Gasteiger partial charge on any atom is -0.454 e. The number of carbonyl (C=O) groups is 2. The fourth-order valence-corrected chi connectivity index (χ4v) is 2.71. The molecule has 1 aliphatic rings. The molecule has 108 valence electrons. The van der Waals surface area contributed by atoms with Crippen molar-refractivity contribution in [1.29, 1.82) is 0 Å². The molecule has 0 atom stereocenters. The Kier molecular flexibility index (Phi) is 3.49. The van der Waals surface area contributed by atoms with Crippen molar-refractivity contribution in [3.63, 3.8) is 0 Å². The Morgan fingerprint density at radius 1 is 1.14 bits per heavy atom. The van der Waals surface area contributed by atoms with E-state index in [-0.39, 0.29) is 18.6 Å². The van der Waals surface area contributed by atoms with E-state index in [1.807, 2.05) is 0 Å². The molecule has 2 N–H and O–H groups in total. The van der Waals surface area contributed by atoms with Gasteiger partial charge in [0.1, 0.15) is 5.00 Å². The van der Waals surface area contributed by atoms with Crippen LogP contribution in [-0.4, -0.2) is 25.7 Å². The Bertz CT molecular complexity index is 711. The summed E-state index contributed by atoms with van der Waals surface area (Å²) in [6.45, 7) is 0.159. The molecule has 1 aromatic heterocycles. The lowest BCUT2D eigenvalue weighted by Crippen LogP contribution is -2.20. The van der Waals surface area contributed by atoms with Crippen LogP contribution in [0.5, 0.6) is 11.5 Å². The number of amides is 2. The zero-order valence-corrected chi connectivity index (χ0v) is 12.0. The highest BCUT2D eigenvalue weighted by Gasteiger charge is 2.18. The number of fused-ring (bicyclic) bond motifs is 1. The zero-order chi connectivity index (χ0) is 14.8. The standard InChI is InChI=1S/C14H12N2O4S/c1-15-13(18)9-4-5-21-14(9)16-12(17)8-2-3-10-11(6-8)20-7-19-10/h2-6H,7H2,1H3,(H,15,18)(H,16,17). The van der Waals surface area contributed by atoms with E-state index in [2.05, 4.69) is 10.6 Å². The Labute approximate surface area is 124 Å². The van der Waals surface area contributed by atoms with Gasteiger partial charge in [-0.1, -0.05) is 0 Å². The second-order valence-corrected chi connectivity index (χ2v) is 5.18. The van der Waals surface area contributed by atoms with Crippen LogP contribution in [0, 0.1) is 0 Å². The number of carbonyl (C=O) groups excluding carboxylic acids is 2. The molecule has 1 aliphatic heterocycles. The van der Waals surface area contributed by atoms with E-state index in [9.17, 15) is 9.59 Å². The molecule has 0 radical (unpaired) electrons. The highest BCUT2D eigenvalue weighted by Crippen LogP contribution is 2.33. The number of rotatable bonds is 3. The largest absolute Gasteiger partial charge is 0.454 e. The van der Waals surface area contributed by atoms with Crippen LogP contribution in [0.1, 0.15) is 20.7 Å². The van der Waals surface area contributed by atoms with Crippen molar-refractivity contribution in [3.05, 3.63) is 40.8 Å². The Morgan fingerprint density at radius 3 is 2.76 bits per heavy atom. The van der Waals surface area contributed by atoms with Crippen molar-refractivity contribution < 1.29 is 19.1 Å². The summed E-state index contributed by atoms with van der Waals surface area (Å²) in [5.74, 6) is 0.618. The van der Waals surface area contributed by atoms with Gasteiger partial charge in [-0.25, -0.2) is 0 Å². The number of thiophene rings is 1. The van der Waals surface area contributed by atoms with Gasteiger partial charge in [-0.05, 0) is 29.6 Å². The predicted molar refractivity (Wildman–Crippen MR) is 78.2 cm³/mol. The van der Waals surface area contributed by atoms with Crippen LogP contribution in [0.3, 0.4) is 0 Å². The van der Waals surface area contributed by atoms with E-state index in [4.69, 9.17) is 9.47 Å². The van der Waals surface area contributed by atoms with Crippen molar-refractivity contribution in [3.8, 4) is 11.5 Å². The van der Waals surface area contributed by atoms with Crippen molar-refractivity contribution in [2.75, 3.05) is 19.2 Å². The molecule has 0 unspecified atom stereocenters. The maximum atomic E-state index is 12.2. The van der Waals surface area contributed by atoms with Gasteiger partial charge in [-0.3, -0.25) is 9.59 Å². The van der Waals surface area contributed by atoms with Gasteiger partial charge in [0.15, 0.2) is 11.5 Å². The van der Waals surface area contributed by atoms with Gasteiger partial charge in [0.25, 0.3) is 11.8 Å². The van der Waals surface area contributed by atoms with Gasteiger partial charge in [-0.15, -0.1) is 11.3 Å². The number of hydrogen-bond donors (Lipinski definition) is 2. The highest BCUT2D eigenvalue weighted by molar-refractivity contribution is 7.14. The molecule has 2 amide bonds. The third-order valence-corrected chi connectivity index (χ3v) is 3.83. The average molecular weight is 304 g/mol. The number of nitrogens with one attached hydrogen (secondary N) is 2. The maximum Gasteiger partial charge on any atom is 0.256 e. The molecular formula is C14H12N2O4S. The second kappa shape index (κ2) is 5.45. The van der Waals surface area contributed by atoms with Gasteiger partial charge in [0.05, 0.1) is 5.56 Å². The lowest BCUT2D eigenvalue weighted by Gasteiger charge is -2.06. The van der Waals surface area contributed by atoms with E-state index < -0.39 is 0 Å². The smallest absolute Gasteiger partial charge is 0.256 e. The van der Waals surface area contributed by atoms with E-state index in [0.717, 1.165) is 0 Å². The number of hydrogen-bond acceptors (Lipinski definition) is 5. The number of benzene rings is 1. The fraction of sp³-hybridized carbons (Fsp3) is 0.143. The molecule has 0 saturated heterocycles. The van der Waals surface area contributed by atoms with Crippen molar-refractivity contribution >= 4 is 28.2 Å². The van der Waals surface area contributed by atoms with Gasteiger partial charge >= 0.3 is 0 Å². The summed E-state index contributed by atoms with van der Waals surface area (Å²) in [4.78, 5) is 23.9. The predicted octanol–water partition coefficient (Wildman–Crippen LogP) is 2.09. The first-order valence-corrected chi connectivity index (χ1v) is 7.07. The summed E-state index contributed by atoms with van der Waals surface area (Å²) >= 11 is 1.29. The van der Waals surface area contributed by atoms with Gasteiger partial charge in [-0.2, -0.15) is 0 Å². The van der Waals surface area contributed by atoms with Crippen molar-refractivity contribution in [1.82, 2.24) is 5.32 Å². The first kappa shape index (κ1) is 13.4. The molecule has 0 saturated carbocycles. The quantitative estimate of drug-likeness (QED) is 0.910. The molecule has 2 heterocycles. The Hall–Kier alpha value is -2.54. The lowest BCUT2D eigenvalue weighted by molar-refractivity contribution is 0.0964. The van der Waals surface area contributed by atoms with Crippen molar-refractivity contribution in [2.45, 2.75) is 0 Å². The van der Waals surface area contributed by atoms with Crippen molar-refractivity contribution in [2.24, 2.45) is 0 Å². The number of anilines is 1. The molecule has 0 fully saturated rings. The topological polar surface area (TPSA) is 76.7 Å². The van der Waals surface area contributed by atoms with E-state index >= 15 is 0 Å². The second-order valence-electron chi connectivity index (χ2n) is 4.26. The summed E-state index contributed by atoms with van der Waals surface area (Å²) in [5, 5.41) is 7.53. The van der Waals surface area contributed by atoms with E-state index in [0.29, 0.717) is 27.6 Å². The van der Waals surface area contributed by atoms with E-state index in [1.165, 1.54) is 11.3 Å². The van der Waals surface area contributed by atoms with Crippen LogP contribution in [-0.2, 0) is 0 Å². The van der Waals surface area contributed by atoms with Crippen LogP contribution < -0.4 is 20.1 Å². The minimum atomic E-state index is -0.305. The van der Waals surface area contributed by atoms with Crippen LogP contribution in [0.25, 0.3) is 0 Å². The summed E-state index contributed by atoms with van der Waals surface area (Å²) in [7, 11) is 1.55. The molecule has 6 nitrogen and oxygen atoms in total. The van der Waals surface area contributed by atoms with Crippen LogP contribution in [0.15, 0.2) is 29.6 Å². The molecule has 1 aromatic carbocycles. The molecule has 7 heteroatoms. The van der Waals surface area contributed by atoms with Crippen LogP contribution in [0.4, 0.5) is 5.00 Å². The lowest BCUT2D eigenvalue weighted by atomic mass is 10.2. The normalized spacial score (nSPS) is 12.0. The van der Waals surface area contributed by atoms with Gasteiger partial charge < -0.3 is 20.1 Å². The maximum absolute atomic E-state index is 12.2. The highest BCUT2D eigenvalue weighted by atomic mass is 32.1. The first-order valence-electron chi connectivity index (χ1n) is 6.19. The molecule has 3 rings (SSSR count).